The van der Waals surface area contributed by atoms with Gasteiger partial charge in [-0.05, 0) is 18.4 Å². The molecule has 4 heterocycles. The Morgan fingerprint density at radius 1 is 1.28 bits per heavy atom. The Morgan fingerprint density at radius 3 is 3.00 bits per heavy atom. The third-order valence-electron chi connectivity index (χ3n) is 4.42. The van der Waals surface area contributed by atoms with E-state index in [-0.39, 0.29) is 5.56 Å². The summed E-state index contributed by atoms with van der Waals surface area (Å²) in [5, 5.41) is 0. The number of epoxide rings is 1. The lowest BCUT2D eigenvalue weighted by Gasteiger charge is -2.42. The fourth-order valence-corrected chi connectivity index (χ4v) is 3.61. The molecule has 1 aromatic heterocycles. The summed E-state index contributed by atoms with van der Waals surface area (Å²) in [7, 11) is 0. The molecule has 2 saturated heterocycles. The fraction of sp³-hybridized carbons (Fsp3) is 0.643. The average molecular weight is 246 g/mol. The first-order valence-electron chi connectivity index (χ1n) is 6.83. The number of aromatic nitrogens is 1. The third-order valence-corrected chi connectivity index (χ3v) is 4.42. The number of fused-ring (bicyclic) bond motifs is 4. The molecule has 4 nitrogen and oxygen atoms in total. The maximum atomic E-state index is 11.9. The number of hydrogen-bond acceptors (Lipinski definition) is 3. The van der Waals surface area contributed by atoms with Crippen molar-refractivity contribution < 1.29 is 4.74 Å². The van der Waals surface area contributed by atoms with Crippen LogP contribution < -0.4 is 5.56 Å². The highest BCUT2D eigenvalue weighted by Gasteiger charge is 2.36. The van der Waals surface area contributed by atoms with Gasteiger partial charge in [0.25, 0.3) is 5.56 Å². The molecule has 18 heavy (non-hydrogen) atoms. The molecular weight excluding hydrogens is 228 g/mol. The van der Waals surface area contributed by atoms with Crippen LogP contribution in [0.1, 0.15) is 18.0 Å². The zero-order chi connectivity index (χ0) is 12.1. The fourth-order valence-electron chi connectivity index (χ4n) is 3.61. The van der Waals surface area contributed by atoms with E-state index in [1.54, 1.807) is 6.07 Å². The lowest BCUT2D eigenvalue weighted by atomic mass is 9.83. The summed E-state index contributed by atoms with van der Waals surface area (Å²) in [6, 6.07) is 5.71. The minimum absolute atomic E-state index is 0.168. The number of likely N-dealkylation sites (tertiary alicyclic amines) is 1. The molecule has 0 radical (unpaired) electrons. The lowest BCUT2D eigenvalue weighted by Crippen LogP contribution is -2.47. The quantitative estimate of drug-likeness (QED) is 0.720. The number of rotatable bonds is 2. The Bertz CT molecular complexity index is 521. The lowest BCUT2D eigenvalue weighted by molar-refractivity contribution is 0.112. The number of pyridine rings is 1. The molecule has 3 aliphatic heterocycles. The van der Waals surface area contributed by atoms with Crippen LogP contribution in [0.4, 0.5) is 0 Å². The molecule has 96 valence electrons. The minimum atomic E-state index is 0.168. The van der Waals surface area contributed by atoms with Crippen molar-refractivity contribution in [3.8, 4) is 0 Å². The van der Waals surface area contributed by atoms with Crippen molar-refractivity contribution in [1.82, 2.24) is 9.47 Å². The van der Waals surface area contributed by atoms with Gasteiger partial charge in [-0.1, -0.05) is 6.07 Å². The summed E-state index contributed by atoms with van der Waals surface area (Å²) < 4.78 is 7.31. The van der Waals surface area contributed by atoms with Gasteiger partial charge in [0, 0.05) is 43.9 Å². The normalized spacial score (nSPS) is 34.1. The predicted octanol–water partition coefficient (Wildman–Crippen LogP) is 0.666. The molecule has 4 heteroatoms. The van der Waals surface area contributed by atoms with E-state index in [9.17, 15) is 4.79 Å². The van der Waals surface area contributed by atoms with Crippen LogP contribution in [0.15, 0.2) is 23.0 Å². The van der Waals surface area contributed by atoms with Gasteiger partial charge >= 0.3 is 0 Å². The molecule has 0 amide bonds. The van der Waals surface area contributed by atoms with Crippen LogP contribution in [-0.2, 0) is 11.3 Å². The van der Waals surface area contributed by atoms with Crippen LogP contribution >= 0.6 is 0 Å². The molecule has 2 bridgehead atoms. The second-order valence-corrected chi connectivity index (χ2v) is 5.87. The molecule has 2 fully saturated rings. The second-order valence-electron chi connectivity index (χ2n) is 5.87. The van der Waals surface area contributed by atoms with Crippen molar-refractivity contribution in [2.24, 2.45) is 5.92 Å². The molecule has 3 aliphatic rings. The summed E-state index contributed by atoms with van der Waals surface area (Å²) in [5.74, 6) is 1.17. The summed E-state index contributed by atoms with van der Waals surface area (Å²) in [4.78, 5) is 14.4. The maximum absolute atomic E-state index is 11.9. The van der Waals surface area contributed by atoms with E-state index in [0.29, 0.717) is 17.9 Å². The maximum Gasteiger partial charge on any atom is 0.250 e. The molecule has 0 spiro atoms. The van der Waals surface area contributed by atoms with Crippen molar-refractivity contribution in [3.63, 3.8) is 0 Å². The van der Waals surface area contributed by atoms with Crippen LogP contribution in [0.2, 0.25) is 0 Å². The minimum Gasteiger partial charge on any atom is -0.372 e. The Hall–Kier alpha value is -1.13. The van der Waals surface area contributed by atoms with Gasteiger partial charge in [-0.2, -0.15) is 0 Å². The molecule has 0 N–H and O–H groups in total. The van der Waals surface area contributed by atoms with E-state index < -0.39 is 0 Å². The SMILES string of the molecule is O=c1cccc2n1C[C@H]1C[C@@H]2CN(C[C@H]2CO2)C1. The van der Waals surface area contributed by atoms with Gasteiger partial charge in [-0.25, -0.2) is 0 Å². The molecule has 4 rings (SSSR count). The third kappa shape index (κ3) is 1.80. The van der Waals surface area contributed by atoms with Crippen molar-refractivity contribution in [3.05, 3.63) is 34.2 Å². The monoisotopic (exact) mass is 246 g/mol. The van der Waals surface area contributed by atoms with Gasteiger partial charge in [-0.3, -0.25) is 9.69 Å². The first-order valence-corrected chi connectivity index (χ1v) is 6.83. The van der Waals surface area contributed by atoms with E-state index in [0.717, 1.165) is 32.8 Å². The largest absolute Gasteiger partial charge is 0.372 e. The van der Waals surface area contributed by atoms with Crippen LogP contribution in [-0.4, -0.2) is 41.8 Å². The van der Waals surface area contributed by atoms with Crippen molar-refractivity contribution in [2.75, 3.05) is 26.2 Å². The highest BCUT2D eigenvalue weighted by atomic mass is 16.6. The van der Waals surface area contributed by atoms with Gasteiger partial charge in [0.2, 0.25) is 0 Å². The van der Waals surface area contributed by atoms with E-state index in [4.69, 9.17) is 4.74 Å². The number of piperidine rings is 1. The molecule has 0 unspecified atom stereocenters. The van der Waals surface area contributed by atoms with Crippen LogP contribution in [0.5, 0.6) is 0 Å². The van der Waals surface area contributed by atoms with E-state index in [1.165, 1.54) is 12.1 Å². The van der Waals surface area contributed by atoms with Crippen LogP contribution in [0.25, 0.3) is 0 Å². The molecule has 1 aromatic rings. The zero-order valence-electron chi connectivity index (χ0n) is 10.4. The predicted molar refractivity (Wildman–Crippen MR) is 67.7 cm³/mol. The summed E-state index contributed by atoms with van der Waals surface area (Å²) >= 11 is 0. The van der Waals surface area contributed by atoms with Crippen molar-refractivity contribution in [2.45, 2.75) is 25.0 Å². The Balaban J connectivity index is 1.63. The Morgan fingerprint density at radius 2 is 2.17 bits per heavy atom. The molecular formula is C14H18N2O2. The van der Waals surface area contributed by atoms with E-state index in [1.807, 2.05) is 10.6 Å². The van der Waals surface area contributed by atoms with E-state index >= 15 is 0 Å². The van der Waals surface area contributed by atoms with Gasteiger partial charge in [0.15, 0.2) is 0 Å². The van der Waals surface area contributed by atoms with Crippen molar-refractivity contribution >= 4 is 0 Å². The van der Waals surface area contributed by atoms with Gasteiger partial charge in [0.05, 0.1) is 12.7 Å². The Kier molecular flexibility index (Phi) is 2.35. The standard InChI is InChI=1S/C14H18N2O2/c17-14-3-1-2-13-11-4-10(6-16(13)14)5-15(7-11)8-12-9-18-12/h1-3,10-12H,4-9H2/t10-,11+,12-/m0/s1. The molecule has 0 aromatic carbocycles. The van der Waals surface area contributed by atoms with E-state index in [2.05, 4.69) is 11.0 Å². The number of nitrogens with zero attached hydrogens (tertiary/aromatic N) is 2. The number of ether oxygens (including phenoxy) is 1. The highest BCUT2D eigenvalue weighted by molar-refractivity contribution is 5.17. The Labute approximate surface area is 106 Å². The van der Waals surface area contributed by atoms with Crippen LogP contribution in [0.3, 0.4) is 0 Å². The smallest absolute Gasteiger partial charge is 0.250 e. The van der Waals surface area contributed by atoms with Crippen molar-refractivity contribution in [1.29, 1.82) is 0 Å². The summed E-state index contributed by atoms with van der Waals surface area (Å²) in [5.41, 5.74) is 1.40. The number of hydrogen-bond donors (Lipinski definition) is 0. The molecule has 3 atom stereocenters. The molecule has 0 saturated carbocycles. The van der Waals surface area contributed by atoms with Gasteiger partial charge in [0.1, 0.15) is 0 Å². The summed E-state index contributed by atoms with van der Waals surface area (Å²) in [6.07, 6.45) is 1.72. The molecule has 0 aliphatic carbocycles. The highest BCUT2D eigenvalue weighted by Crippen LogP contribution is 2.35. The topological polar surface area (TPSA) is 37.8 Å². The first-order chi connectivity index (χ1) is 8.79. The zero-order valence-corrected chi connectivity index (χ0v) is 10.4. The van der Waals surface area contributed by atoms with Crippen LogP contribution in [0, 0.1) is 5.92 Å². The average Bonchev–Trinajstić information content (AvgIpc) is 3.14. The van der Waals surface area contributed by atoms with Gasteiger partial charge < -0.3 is 9.30 Å². The first kappa shape index (κ1) is 10.8. The second kappa shape index (κ2) is 3.93. The summed E-state index contributed by atoms with van der Waals surface area (Å²) in [6.45, 7) is 5.11. The van der Waals surface area contributed by atoms with Gasteiger partial charge in [-0.15, -0.1) is 0 Å².